The smallest absolute Gasteiger partial charge is 0.305 e. The normalized spacial score (nSPS) is 17.4. The van der Waals surface area contributed by atoms with Crippen LogP contribution >= 0.6 is 48.0 Å². The Morgan fingerprint density at radius 1 is 0.625 bits per heavy atom. The fraction of sp³-hybridized carbons (Fsp3) is 0.714. The molecule has 0 radical (unpaired) electrons. The summed E-state index contributed by atoms with van der Waals surface area (Å²) >= 11 is 13.2. The lowest BCUT2D eigenvalue weighted by atomic mass is 10.2. The largest absolute Gasteiger partial charge is 0.466 e. The van der Waals surface area contributed by atoms with E-state index < -0.39 is 0 Å². The van der Waals surface area contributed by atoms with E-state index in [1.165, 1.54) is 9.80 Å². The van der Waals surface area contributed by atoms with Crippen molar-refractivity contribution < 1.29 is 28.7 Å². The van der Waals surface area contributed by atoms with Gasteiger partial charge in [0.15, 0.2) is 0 Å². The van der Waals surface area contributed by atoms with E-state index in [9.17, 15) is 19.2 Å². The van der Waals surface area contributed by atoms with Crippen LogP contribution in [0.2, 0.25) is 0 Å². The highest BCUT2D eigenvalue weighted by atomic mass is 32.2. The summed E-state index contributed by atoms with van der Waals surface area (Å²) in [6, 6.07) is 0. The number of thioether (sulfide) groups is 2. The van der Waals surface area contributed by atoms with Gasteiger partial charge >= 0.3 is 11.9 Å². The molecule has 2 fully saturated rings. The van der Waals surface area contributed by atoms with Crippen LogP contribution in [0, 0.1) is 0 Å². The van der Waals surface area contributed by atoms with Gasteiger partial charge in [-0.15, -0.1) is 0 Å². The molecule has 224 valence electrons. The van der Waals surface area contributed by atoms with Gasteiger partial charge in [-0.1, -0.05) is 100 Å². The fourth-order valence-corrected chi connectivity index (χ4v) is 6.88. The van der Waals surface area contributed by atoms with E-state index in [1.807, 2.05) is 0 Å². The van der Waals surface area contributed by atoms with Gasteiger partial charge in [-0.3, -0.25) is 29.0 Å². The molecule has 8 nitrogen and oxygen atoms in total. The second-order valence-electron chi connectivity index (χ2n) is 9.78. The predicted octanol–water partition coefficient (Wildman–Crippen LogP) is 6.51. The van der Waals surface area contributed by atoms with E-state index in [4.69, 9.17) is 33.9 Å². The van der Waals surface area contributed by atoms with Gasteiger partial charge in [0.2, 0.25) is 0 Å². The van der Waals surface area contributed by atoms with Gasteiger partial charge in [-0.05, 0) is 38.5 Å². The van der Waals surface area contributed by atoms with E-state index in [-0.39, 0.29) is 23.8 Å². The van der Waals surface area contributed by atoms with Crippen molar-refractivity contribution in [3.63, 3.8) is 0 Å². The first-order chi connectivity index (χ1) is 19.3. The predicted molar refractivity (Wildman–Crippen MR) is 169 cm³/mol. The molecule has 2 aliphatic rings. The van der Waals surface area contributed by atoms with Gasteiger partial charge < -0.3 is 9.47 Å². The molecule has 0 aliphatic carbocycles. The average Bonchev–Trinajstić information content (AvgIpc) is 3.37. The number of esters is 2. The lowest BCUT2D eigenvalue weighted by molar-refractivity contribution is -0.144. The molecule has 40 heavy (non-hydrogen) atoms. The number of carbonyl (C=O) groups is 4. The summed E-state index contributed by atoms with van der Waals surface area (Å²) in [5, 5.41) is 0. The van der Waals surface area contributed by atoms with Crippen molar-refractivity contribution in [2.24, 2.45) is 0 Å². The topological polar surface area (TPSA) is 93.2 Å². The summed E-state index contributed by atoms with van der Waals surface area (Å²) < 4.78 is 11.3. The third kappa shape index (κ3) is 11.8. The zero-order chi connectivity index (χ0) is 29.3. The Morgan fingerprint density at radius 3 is 1.40 bits per heavy atom. The highest BCUT2D eigenvalue weighted by molar-refractivity contribution is 8.29. The van der Waals surface area contributed by atoms with E-state index in [0.717, 1.165) is 74.9 Å². The molecule has 2 rings (SSSR count). The summed E-state index contributed by atoms with van der Waals surface area (Å²) in [6.07, 6.45) is 11.2. The van der Waals surface area contributed by atoms with Crippen LogP contribution in [-0.2, 0) is 28.7 Å². The van der Waals surface area contributed by atoms with Crippen LogP contribution in [-0.4, -0.2) is 68.5 Å². The minimum Gasteiger partial charge on any atom is -0.466 e. The molecule has 0 N–H and O–H groups in total. The van der Waals surface area contributed by atoms with Crippen molar-refractivity contribution >= 4 is 80.4 Å². The average molecular weight is 631 g/mol. The third-order valence-electron chi connectivity index (χ3n) is 6.45. The Kier molecular flexibility index (Phi) is 17.0. The lowest BCUT2D eigenvalue weighted by Crippen LogP contribution is -2.31. The quantitative estimate of drug-likeness (QED) is 0.0642. The highest BCUT2D eigenvalue weighted by Gasteiger charge is 2.41. The molecule has 2 aliphatic heterocycles. The number of amides is 2. The van der Waals surface area contributed by atoms with Gasteiger partial charge in [-0.2, -0.15) is 0 Å². The van der Waals surface area contributed by atoms with Crippen LogP contribution < -0.4 is 0 Å². The standard InChI is InChI=1S/C28H42N2O6S4/c1-3-5-13-19-35-21(31)15-9-7-11-17-29-25(33)23(39-27(29)37)24-26(34)30(28(38)40-24)18-12-8-10-16-22(32)36-20-14-6-4-2/h3-20H2,1-2H3/b24-23+. The van der Waals surface area contributed by atoms with Crippen molar-refractivity contribution in [3.05, 3.63) is 9.81 Å². The number of hydrogen-bond acceptors (Lipinski definition) is 10. The molecule has 2 heterocycles. The Labute approximate surface area is 257 Å². The fourth-order valence-electron chi connectivity index (χ4n) is 4.11. The Bertz CT molecular complexity index is 881. The number of ether oxygens (including phenoxy) is 2. The third-order valence-corrected chi connectivity index (χ3v) is 9.48. The molecule has 0 unspecified atom stereocenters. The van der Waals surface area contributed by atoms with Crippen LogP contribution in [0.15, 0.2) is 9.81 Å². The first-order valence-electron chi connectivity index (χ1n) is 14.4. The SMILES string of the molecule is CCCCCOC(=O)CCCCCN1C(=O)/C(=C2\SC(=S)N(CCCCCC(=O)OCCCCC)C2=O)SC1=S. The summed E-state index contributed by atoms with van der Waals surface area (Å²) in [7, 11) is 0. The molecule has 2 saturated heterocycles. The molecule has 0 saturated carbocycles. The van der Waals surface area contributed by atoms with Crippen molar-refractivity contribution in [3.8, 4) is 0 Å². The van der Waals surface area contributed by atoms with Crippen molar-refractivity contribution in [2.75, 3.05) is 26.3 Å². The molecule has 0 aromatic heterocycles. The van der Waals surface area contributed by atoms with Gasteiger partial charge in [0.25, 0.3) is 11.8 Å². The number of thiocarbonyl (C=S) groups is 2. The molecule has 0 aromatic carbocycles. The Hall–Kier alpha value is -1.50. The van der Waals surface area contributed by atoms with Gasteiger partial charge in [0.05, 0.1) is 23.0 Å². The number of nitrogens with zero attached hydrogens (tertiary/aromatic N) is 2. The molecule has 0 aromatic rings. The first kappa shape index (κ1) is 34.7. The first-order valence-corrected chi connectivity index (χ1v) is 16.9. The number of unbranched alkanes of at least 4 members (excludes halogenated alkanes) is 8. The highest BCUT2D eigenvalue weighted by Crippen LogP contribution is 2.42. The summed E-state index contributed by atoms with van der Waals surface area (Å²) in [5.41, 5.74) is 0. The van der Waals surface area contributed by atoms with Crippen LogP contribution in [0.1, 0.15) is 104 Å². The van der Waals surface area contributed by atoms with E-state index >= 15 is 0 Å². The van der Waals surface area contributed by atoms with Gasteiger partial charge in [-0.25, -0.2) is 0 Å². The molecule has 0 atom stereocenters. The van der Waals surface area contributed by atoms with E-state index in [2.05, 4.69) is 13.8 Å². The molecule has 0 spiro atoms. The Morgan fingerprint density at radius 2 is 1.02 bits per heavy atom. The number of rotatable bonds is 20. The van der Waals surface area contributed by atoms with Gasteiger partial charge in [0, 0.05) is 25.9 Å². The second-order valence-corrected chi connectivity index (χ2v) is 13.1. The summed E-state index contributed by atoms with van der Waals surface area (Å²) in [5.74, 6) is -0.875. The van der Waals surface area contributed by atoms with Crippen molar-refractivity contribution in [1.82, 2.24) is 9.80 Å². The Balaban J connectivity index is 1.72. The van der Waals surface area contributed by atoms with Crippen molar-refractivity contribution in [2.45, 2.75) is 104 Å². The number of hydrogen-bond donors (Lipinski definition) is 0. The maximum Gasteiger partial charge on any atom is 0.305 e. The van der Waals surface area contributed by atoms with Crippen molar-refractivity contribution in [1.29, 1.82) is 0 Å². The van der Waals surface area contributed by atoms with Crippen LogP contribution in [0.4, 0.5) is 0 Å². The molecule has 12 heteroatoms. The maximum absolute atomic E-state index is 13.1. The molecule has 2 amide bonds. The van der Waals surface area contributed by atoms with Crippen LogP contribution in [0.5, 0.6) is 0 Å². The maximum atomic E-state index is 13.1. The molecular formula is C28H42N2O6S4. The molecular weight excluding hydrogens is 589 g/mol. The minimum absolute atomic E-state index is 0.177. The summed E-state index contributed by atoms with van der Waals surface area (Å²) in [6.45, 7) is 6.05. The zero-order valence-corrected chi connectivity index (χ0v) is 27.0. The monoisotopic (exact) mass is 630 g/mol. The van der Waals surface area contributed by atoms with Crippen LogP contribution in [0.25, 0.3) is 0 Å². The van der Waals surface area contributed by atoms with Gasteiger partial charge in [0.1, 0.15) is 8.64 Å². The second kappa shape index (κ2) is 19.6. The number of carbonyl (C=O) groups excluding carboxylic acids is 4. The minimum atomic E-state index is -0.261. The van der Waals surface area contributed by atoms with E-state index in [1.54, 1.807) is 0 Å². The lowest BCUT2D eigenvalue weighted by Gasteiger charge is -2.14. The summed E-state index contributed by atoms with van der Waals surface area (Å²) in [4.78, 5) is 53.5. The zero-order valence-electron chi connectivity index (χ0n) is 23.7. The van der Waals surface area contributed by atoms with E-state index in [0.29, 0.717) is 83.3 Å². The molecule has 0 bridgehead atoms. The van der Waals surface area contributed by atoms with Crippen LogP contribution in [0.3, 0.4) is 0 Å².